The fraction of sp³-hybridized carbons (Fsp3) is 0.632. The fourth-order valence-corrected chi connectivity index (χ4v) is 3.55. The number of ether oxygens (including phenoxy) is 2. The second-order valence-electron chi connectivity index (χ2n) is 6.25. The maximum atomic E-state index is 5.80. The minimum atomic E-state index is 0. The van der Waals surface area contributed by atoms with Crippen LogP contribution in [0.4, 0.5) is 0 Å². The first-order valence-corrected chi connectivity index (χ1v) is 10.2. The lowest BCUT2D eigenvalue weighted by atomic mass is 9.99. The number of hydrogen-bond acceptors (Lipinski definition) is 4. The van der Waals surface area contributed by atoms with Crippen LogP contribution in [0.2, 0.25) is 0 Å². The number of thioether (sulfide) groups is 1. The van der Waals surface area contributed by atoms with Crippen LogP contribution in [-0.4, -0.2) is 68.4 Å². The van der Waals surface area contributed by atoms with Crippen LogP contribution in [0.15, 0.2) is 35.3 Å². The molecule has 1 fully saturated rings. The number of benzene rings is 1. The number of halogens is 1. The van der Waals surface area contributed by atoms with E-state index in [4.69, 9.17) is 14.5 Å². The van der Waals surface area contributed by atoms with Gasteiger partial charge in [0.2, 0.25) is 0 Å². The molecule has 0 spiro atoms. The highest BCUT2D eigenvalue weighted by atomic mass is 127. The topological polar surface area (TPSA) is 46.1 Å². The van der Waals surface area contributed by atoms with Crippen molar-refractivity contribution >= 4 is 41.7 Å². The Morgan fingerprint density at radius 2 is 2.00 bits per heavy atom. The average molecular weight is 493 g/mol. The number of aliphatic imine (C=N–C) groups is 1. The van der Waals surface area contributed by atoms with Crippen molar-refractivity contribution in [1.29, 1.82) is 0 Å². The van der Waals surface area contributed by atoms with Crippen molar-refractivity contribution in [3.8, 4) is 5.75 Å². The van der Waals surface area contributed by atoms with Gasteiger partial charge in [0.05, 0.1) is 13.1 Å². The number of rotatable bonds is 8. The summed E-state index contributed by atoms with van der Waals surface area (Å²) >= 11 is 1.92. The van der Waals surface area contributed by atoms with Gasteiger partial charge in [-0.05, 0) is 38.2 Å². The molecule has 0 aromatic heterocycles. The van der Waals surface area contributed by atoms with E-state index in [2.05, 4.69) is 30.4 Å². The van der Waals surface area contributed by atoms with Crippen LogP contribution in [0.5, 0.6) is 5.75 Å². The van der Waals surface area contributed by atoms with Crippen molar-refractivity contribution in [3.63, 3.8) is 0 Å². The first-order chi connectivity index (χ1) is 12.2. The van der Waals surface area contributed by atoms with Gasteiger partial charge in [0.1, 0.15) is 12.4 Å². The molecule has 1 aromatic carbocycles. The summed E-state index contributed by atoms with van der Waals surface area (Å²) in [7, 11) is 2.06. The lowest BCUT2D eigenvalue weighted by molar-refractivity contribution is 0.0793. The van der Waals surface area contributed by atoms with Gasteiger partial charge in [-0.15, -0.1) is 24.0 Å². The summed E-state index contributed by atoms with van der Waals surface area (Å²) in [5.41, 5.74) is 0. The predicted molar refractivity (Wildman–Crippen MR) is 122 cm³/mol. The number of nitrogens with one attached hydrogen (secondary N) is 1. The Bertz CT molecular complexity index is 525. The quantitative estimate of drug-likeness (QED) is 0.341. The Balaban J connectivity index is 0.00000338. The van der Waals surface area contributed by atoms with E-state index in [0.29, 0.717) is 6.61 Å². The normalized spacial score (nSPS) is 16.5. The highest BCUT2D eigenvalue weighted by molar-refractivity contribution is 14.0. The molecule has 1 N–H and O–H groups in total. The van der Waals surface area contributed by atoms with E-state index >= 15 is 0 Å². The molecule has 7 heteroatoms. The third-order valence-electron chi connectivity index (χ3n) is 4.49. The molecule has 1 aromatic rings. The molecule has 0 saturated carbocycles. The maximum Gasteiger partial charge on any atom is 0.193 e. The molecular formula is C19H32IN3O2S. The first kappa shape index (κ1) is 23.4. The molecule has 26 heavy (non-hydrogen) atoms. The molecule has 0 atom stereocenters. The zero-order valence-corrected chi connectivity index (χ0v) is 19.2. The second-order valence-corrected chi connectivity index (χ2v) is 7.53. The Hall–Kier alpha value is -0.670. The third-order valence-corrected chi connectivity index (χ3v) is 5.89. The highest BCUT2D eigenvalue weighted by Crippen LogP contribution is 2.34. The molecule has 1 aliphatic heterocycles. The van der Waals surface area contributed by atoms with Crippen LogP contribution in [0.3, 0.4) is 0 Å². The molecule has 0 unspecified atom stereocenters. The molecule has 148 valence electrons. The van der Waals surface area contributed by atoms with Crippen LogP contribution in [0.1, 0.15) is 19.8 Å². The standard InChI is InChI=1S/C19H31N3O2S.HI/c1-4-20-18(21-16-19(25-3)10-13-23-14-11-19)22(2)12-15-24-17-8-6-5-7-9-17;/h5-9H,4,10-16H2,1-3H3,(H,20,21);1H. The van der Waals surface area contributed by atoms with Crippen molar-refractivity contribution < 1.29 is 9.47 Å². The van der Waals surface area contributed by atoms with Gasteiger partial charge in [0.15, 0.2) is 5.96 Å². The summed E-state index contributed by atoms with van der Waals surface area (Å²) in [6.07, 6.45) is 4.32. The molecular weight excluding hydrogens is 461 g/mol. The minimum absolute atomic E-state index is 0. The van der Waals surface area contributed by atoms with Gasteiger partial charge in [-0.25, -0.2) is 0 Å². The molecule has 5 nitrogen and oxygen atoms in total. The van der Waals surface area contributed by atoms with Gasteiger partial charge in [-0.2, -0.15) is 11.8 Å². The number of nitrogens with zero attached hydrogens (tertiary/aromatic N) is 2. The maximum absolute atomic E-state index is 5.80. The summed E-state index contributed by atoms with van der Waals surface area (Å²) in [4.78, 5) is 7.04. The fourth-order valence-electron chi connectivity index (χ4n) is 2.78. The third kappa shape index (κ3) is 7.52. The molecule has 1 aliphatic rings. The highest BCUT2D eigenvalue weighted by Gasteiger charge is 2.31. The lowest BCUT2D eigenvalue weighted by Gasteiger charge is -2.34. The monoisotopic (exact) mass is 493 g/mol. The average Bonchev–Trinajstić information content (AvgIpc) is 2.66. The zero-order chi connectivity index (χ0) is 18.0. The van der Waals surface area contributed by atoms with Gasteiger partial charge >= 0.3 is 0 Å². The molecule has 1 heterocycles. The Morgan fingerprint density at radius 3 is 2.62 bits per heavy atom. The van der Waals surface area contributed by atoms with Gasteiger partial charge in [-0.3, -0.25) is 4.99 Å². The predicted octanol–water partition coefficient (Wildman–Crippen LogP) is 3.49. The van der Waals surface area contributed by atoms with Crippen LogP contribution in [0, 0.1) is 0 Å². The number of likely N-dealkylation sites (N-methyl/N-ethyl adjacent to an activating group) is 1. The van der Waals surface area contributed by atoms with Gasteiger partial charge in [0.25, 0.3) is 0 Å². The summed E-state index contributed by atoms with van der Waals surface area (Å²) in [6, 6.07) is 9.92. The van der Waals surface area contributed by atoms with E-state index < -0.39 is 0 Å². The minimum Gasteiger partial charge on any atom is -0.492 e. The summed E-state index contributed by atoms with van der Waals surface area (Å²) < 4.78 is 11.5. The van der Waals surface area contributed by atoms with Crippen LogP contribution in [-0.2, 0) is 4.74 Å². The van der Waals surface area contributed by atoms with Gasteiger partial charge < -0.3 is 19.7 Å². The SMILES string of the molecule is CCNC(=NCC1(SC)CCOCC1)N(C)CCOc1ccccc1.I. The Kier molecular flexibility index (Phi) is 11.4. The van der Waals surface area contributed by atoms with E-state index in [9.17, 15) is 0 Å². The second kappa shape index (κ2) is 12.7. The van der Waals surface area contributed by atoms with E-state index in [1.165, 1.54) is 0 Å². The van der Waals surface area contributed by atoms with Crippen molar-refractivity contribution in [2.75, 3.05) is 52.8 Å². The Labute approximate surface area is 179 Å². The summed E-state index contributed by atoms with van der Waals surface area (Å²) in [6.45, 7) is 6.88. The molecule has 2 rings (SSSR count). The molecule has 0 radical (unpaired) electrons. The lowest BCUT2D eigenvalue weighted by Crippen LogP contribution is -2.43. The van der Waals surface area contributed by atoms with Gasteiger partial charge in [-0.1, -0.05) is 18.2 Å². The van der Waals surface area contributed by atoms with Crippen LogP contribution in [0.25, 0.3) is 0 Å². The van der Waals surface area contributed by atoms with E-state index in [1.54, 1.807) is 0 Å². The van der Waals surface area contributed by atoms with Crippen molar-refractivity contribution in [2.24, 2.45) is 4.99 Å². The number of hydrogen-bond donors (Lipinski definition) is 1. The summed E-state index contributed by atoms with van der Waals surface area (Å²) in [5, 5.41) is 3.39. The van der Waals surface area contributed by atoms with Crippen LogP contribution < -0.4 is 10.1 Å². The van der Waals surface area contributed by atoms with E-state index in [-0.39, 0.29) is 28.7 Å². The van der Waals surface area contributed by atoms with Gasteiger partial charge in [0, 0.05) is 31.6 Å². The smallest absolute Gasteiger partial charge is 0.193 e. The Morgan fingerprint density at radius 1 is 1.31 bits per heavy atom. The van der Waals surface area contributed by atoms with Crippen molar-refractivity contribution in [2.45, 2.75) is 24.5 Å². The molecule has 0 bridgehead atoms. The zero-order valence-electron chi connectivity index (χ0n) is 16.1. The van der Waals surface area contributed by atoms with Crippen LogP contribution >= 0.6 is 35.7 Å². The first-order valence-electron chi connectivity index (χ1n) is 8.99. The van der Waals surface area contributed by atoms with E-state index in [0.717, 1.165) is 57.4 Å². The summed E-state index contributed by atoms with van der Waals surface area (Å²) in [5.74, 6) is 1.85. The number of guanidine groups is 1. The molecule has 0 amide bonds. The van der Waals surface area contributed by atoms with Crippen molar-refractivity contribution in [1.82, 2.24) is 10.2 Å². The number of para-hydroxylation sites is 1. The molecule has 1 saturated heterocycles. The van der Waals surface area contributed by atoms with Crippen molar-refractivity contribution in [3.05, 3.63) is 30.3 Å². The molecule has 0 aliphatic carbocycles. The largest absolute Gasteiger partial charge is 0.492 e. The van der Waals surface area contributed by atoms with E-state index in [1.807, 2.05) is 42.1 Å².